The number of likely N-dealkylation sites (tertiary alicyclic amines) is 1. The van der Waals surface area contributed by atoms with Gasteiger partial charge >= 0.3 is 12.1 Å². The molecular weight excluding hydrogens is 1020 g/mol. The number of nitrogens with one attached hydrogen (secondary N) is 5. The number of aromatic nitrogens is 1. The molecule has 1 aliphatic rings. The lowest BCUT2D eigenvalue weighted by Gasteiger charge is -2.32. The molecule has 5 atom stereocenters. The normalized spacial score (nSPS) is 14.9. The molecule has 4 rings (SSSR count). The van der Waals surface area contributed by atoms with Crippen molar-refractivity contribution in [3.8, 4) is 5.75 Å². The van der Waals surface area contributed by atoms with Gasteiger partial charge in [-0.3, -0.25) is 34.3 Å². The van der Waals surface area contributed by atoms with Gasteiger partial charge < -0.3 is 66.5 Å². The van der Waals surface area contributed by atoms with E-state index < -0.39 is 60.4 Å². The first-order valence-corrected chi connectivity index (χ1v) is 23.6. The second kappa shape index (κ2) is 28.9. The van der Waals surface area contributed by atoms with E-state index in [4.69, 9.17) is 15.2 Å². The third-order valence-electron chi connectivity index (χ3n) is 10.8. The van der Waals surface area contributed by atoms with Crippen LogP contribution in [-0.2, 0) is 40.1 Å². The van der Waals surface area contributed by atoms with Gasteiger partial charge in [-0.15, -0.1) is 0 Å². The summed E-state index contributed by atoms with van der Waals surface area (Å²) >= 11 is 1.82. The first-order valence-electron chi connectivity index (χ1n) is 22.0. The Balaban J connectivity index is 1.29. The molecule has 11 N–H and O–H groups in total. The van der Waals surface area contributed by atoms with Gasteiger partial charge in [-0.1, -0.05) is 53.6 Å². The van der Waals surface area contributed by atoms with Crippen molar-refractivity contribution in [2.75, 3.05) is 54.9 Å². The Morgan fingerprint density at radius 2 is 1.70 bits per heavy atom. The van der Waals surface area contributed by atoms with E-state index in [2.05, 4.69) is 36.3 Å². The number of alkyl halides is 1. The highest BCUT2D eigenvalue weighted by molar-refractivity contribution is 14.1. The number of halogens is 1. The number of nitrogens with zero attached hydrogens (tertiary/aromatic N) is 2. The van der Waals surface area contributed by atoms with E-state index in [0.717, 1.165) is 44.8 Å². The van der Waals surface area contributed by atoms with Crippen molar-refractivity contribution < 1.29 is 68.2 Å². The van der Waals surface area contributed by atoms with Crippen molar-refractivity contribution in [3.05, 3.63) is 89.8 Å². The number of benzene rings is 2. The van der Waals surface area contributed by atoms with Crippen LogP contribution < -0.4 is 37.1 Å². The third-order valence-corrected chi connectivity index (χ3v) is 11.4. The van der Waals surface area contributed by atoms with Crippen molar-refractivity contribution in [1.29, 1.82) is 0 Å². The summed E-state index contributed by atoms with van der Waals surface area (Å²) in [4.78, 5) is 93.1. The zero-order valence-corrected chi connectivity index (χ0v) is 40.0. The van der Waals surface area contributed by atoms with Gasteiger partial charge in [0.15, 0.2) is 6.10 Å². The number of amides is 6. The Kier molecular flexibility index (Phi) is 23.2. The number of carbonyl (C=O) groups excluding carboxylic acids is 6. The molecule has 3 unspecified atom stereocenters. The largest absolute Gasteiger partial charge is 0.479 e. The lowest BCUT2D eigenvalue weighted by Crippen LogP contribution is -2.51. The number of rotatable bonds is 26. The van der Waals surface area contributed by atoms with E-state index >= 15 is 0 Å². The van der Waals surface area contributed by atoms with E-state index in [1.807, 2.05) is 28.7 Å². The summed E-state index contributed by atoms with van der Waals surface area (Å²) in [6.45, 7) is 0.989. The van der Waals surface area contributed by atoms with E-state index in [9.17, 15) is 54.0 Å². The van der Waals surface area contributed by atoms with E-state index in [-0.39, 0.29) is 53.8 Å². The van der Waals surface area contributed by atoms with Crippen LogP contribution in [0.3, 0.4) is 0 Å². The summed E-state index contributed by atoms with van der Waals surface area (Å²) < 4.78 is 15.6. The number of hydrogen-bond donors (Lipinski definition) is 10. The summed E-state index contributed by atoms with van der Waals surface area (Å²) in [6.07, 6.45) is 1.31. The lowest BCUT2D eigenvalue weighted by molar-refractivity contribution is -0.184. The standard InChI is InChI=1S/C46H59IN8O14/c1-67-41(44(63)64)39(59)40(60)45(65)69-35-12-10-30(22-33(35)53-37(57)14-19-51-42(61)34(25-48)54-38(58)24-47)27-68-46(66)52-32-9-4-8-31(23-32)43(62)55-20-15-28(16-21-55)6-2-3-18-50-36(56)13-11-29-7-5-17-49-26-29/h4-5,7-13,17,22-23,26,28,34,39-41,45,59-60,65H,2-3,6,14-16,18-21,24-25,27,48H2,1H3,(H,50,56)(H,51,61)(H,52,66)(H,53,57)(H,54,58)(H,63,64)/b13-11+/t34?,39?,40-,41?,45+/m0/s1. The Morgan fingerprint density at radius 1 is 0.928 bits per heavy atom. The van der Waals surface area contributed by atoms with Crippen molar-refractivity contribution in [1.82, 2.24) is 25.8 Å². The molecule has 1 fully saturated rings. The number of carbonyl (C=O) groups is 7. The maximum atomic E-state index is 13.5. The monoisotopic (exact) mass is 1070 g/mol. The van der Waals surface area contributed by atoms with Crippen molar-refractivity contribution in [2.24, 2.45) is 11.7 Å². The third kappa shape index (κ3) is 18.6. The molecule has 1 aromatic heterocycles. The van der Waals surface area contributed by atoms with Crippen LogP contribution in [0.25, 0.3) is 6.08 Å². The van der Waals surface area contributed by atoms with Crippen LogP contribution >= 0.6 is 22.6 Å². The van der Waals surface area contributed by atoms with Crippen LogP contribution in [0.5, 0.6) is 5.75 Å². The number of nitrogens with two attached hydrogens (primary N) is 1. The molecule has 2 heterocycles. The number of hydrogen-bond acceptors (Lipinski definition) is 15. The average molecular weight is 1070 g/mol. The fraction of sp³-hybridized carbons (Fsp3) is 0.435. The van der Waals surface area contributed by atoms with E-state index in [1.54, 1.807) is 47.6 Å². The van der Waals surface area contributed by atoms with Crippen molar-refractivity contribution in [3.63, 3.8) is 0 Å². The molecule has 0 bridgehead atoms. The van der Waals surface area contributed by atoms with Gasteiger partial charge in [0, 0.05) is 76.0 Å². The summed E-state index contributed by atoms with van der Waals surface area (Å²) in [7, 11) is 0.974. The fourth-order valence-electron chi connectivity index (χ4n) is 7.02. The van der Waals surface area contributed by atoms with Crippen molar-refractivity contribution >= 4 is 81.6 Å². The maximum absolute atomic E-state index is 13.5. The van der Waals surface area contributed by atoms with Crippen LogP contribution in [0, 0.1) is 5.92 Å². The number of unbranched alkanes of at least 4 members (excludes halogenated alkanes) is 1. The number of carboxylic acid groups (broad SMARTS) is 1. The van der Waals surface area contributed by atoms with Crippen LogP contribution in [0.15, 0.2) is 73.1 Å². The van der Waals surface area contributed by atoms with Crippen LogP contribution in [0.1, 0.15) is 60.0 Å². The van der Waals surface area contributed by atoms with Gasteiger partial charge in [0.05, 0.1) is 10.1 Å². The summed E-state index contributed by atoms with van der Waals surface area (Å²) in [5.74, 6) is -3.49. The van der Waals surface area contributed by atoms with Gasteiger partial charge in [0.1, 0.15) is 30.6 Å². The minimum atomic E-state index is -2.24. The predicted molar refractivity (Wildman–Crippen MR) is 259 cm³/mol. The number of piperidine rings is 1. The Hall–Kier alpha value is -6.25. The first-order chi connectivity index (χ1) is 33.1. The number of ether oxygens (including phenoxy) is 3. The zero-order valence-electron chi connectivity index (χ0n) is 37.9. The SMILES string of the molecule is COC(C(=O)O)C(O)[C@H](O)[C@H](O)Oc1ccc(COC(=O)Nc2cccc(C(=O)N3CCC(CCCCNC(=O)/C=C/c4cccnc4)CC3)c2)cc1NC(=O)CCNC(=O)C(CN)NC(=O)CI. The highest BCUT2D eigenvalue weighted by Crippen LogP contribution is 2.29. The molecule has 6 amide bonds. The number of carboxylic acids is 1. The minimum Gasteiger partial charge on any atom is -0.479 e. The molecule has 22 nitrogen and oxygen atoms in total. The number of methoxy groups -OCH3 is 1. The molecule has 0 aliphatic carbocycles. The molecule has 0 saturated carbocycles. The molecule has 0 radical (unpaired) electrons. The zero-order chi connectivity index (χ0) is 50.3. The topological polar surface area (TPSA) is 330 Å². The Bertz CT molecular complexity index is 2230. The highest BCUT2D eigenvalue weighted by Gasteiger charge is 2.37. The fourth-order valence-corrected chi connectivity index (χ4v) is 7.24. The quantitative estimate of drug-likeness (QED) is 0.0179. The van der Waals surface area contributed by atoms with Gasteiger partial charge in [-0.25, -0.2) is 9.59 Å². The second-order valence-electron chi connectivity index (χ2n) is 15.8. The molecule has 1 saturated heterocycles. The summed E-state index contributed by atoms with van der Waals surface area (Å²) in [6, 6.07) is 13.0. The molecular formula is C46H59IN8O14. The number of anilines is 2. The number of aliphatic hydroxyl groups excluding tert-OH is 3. The van der Waals surface area contributed by atoms with Gasteiger partial charge in [-0.05, 0) is 78.8 Å². The number of aliphatic hydroxyl groups is 3. The average Bonchev–Trinajstić information content (AvgIpc) is 3.34. The number of aliphatic carboxylic acids is 1. The Labute approximate surface area is 411 Å². The summed E-state index contributed by atoms with van der Waals surface area (Å²) in [5.41, 5.74) is 7.29. The molecule has 0 spiro atoms. The lowest BCUT2D eigenvalue weighted by atomic mass is 9.91. The van der Waals surface area contributed by atoms with Gasteiger partial charge in [0.25, 0.3) is 5.91 Å². The smallest absolute Gasteiger partial charge is 0.411 e. The Morgan fingerprint density at radius 3 is 2.38 bits per heavy atom. The summed E-state index contributed by atoms with van der Waals surface area (Å²) in [5, 5.41) is 53.7. The van der Waals surface area contributed by atoms with Crippen LogP contribution in [0.2, 0.25) is 0 Å². The van der Waals surface area contributed by atoms with E-state index in [0.29, 0.717) is 42.4 Å². The van der Waals surface area contributed by atoms with Gasteiger partial charge in [-0.2, -0.15) is 0 Å². The van der Waals surface area contributed by atoms with Crippen molar-refractivity contribution in [2.45, 2.75) is 75.8 Å². The van der Waals surface area contributed by atoms with Crippen LogP contribution in [-0.4, -0.2) is 147 Å². The molecule has 3 aromatic rings. The maximum Gasteiger partial charge on any atom is 0.411 e. The number of pyridine rings is 1. The van der Waals surface area contributed by atoms with Crippen LogP contribution in [0.4, 0.5) is 16.2 Å². The molecule has 1 aliphatic heterocycles. The second-order valence-corrected chi connectivity index (χ2v) is 16.6. The highest BCUT2D eigenvalue weighted by atomic mass is 127. The van der Waals surface area contributed by atoms with E-state index in [1.165, 1.54) is 30.3 Å². The van der Waals surface area contributed by atoms with Gasteiger partial charge in [0.2, 0.25) is 29.9 Å². The molecule has 374 valence electrons. The molecule has 2 aromatic carbocycles. The molecule has 23 heteroatoms. The predicted octanol–water partition coefficient (Wildman–Crippen LogP) is 1.52. The molecule has 69 heavy (non-hydrogen) atoms. The minimum absolute atomic E-state index is 0.0963. The first kappa shape index (κ1) is 55.3.